The van der Waals surface area contributed by atoms with Crippen molar-refractivity contribution in [1.82, 2.24) is 4.90 Å². The summed E-state index contributed by atoms with van der Waals surface area (Å²) < 4.78 is 0. The Morgan fingerprint density at radius 2 is 2.11 bits per heavy atom. The number of nitrogens with zero attached hydrogens (tertiary/aromatic N) is 1. The lowest BCUT2D eigenvalue weighted by atomic mass is 9.95. The lowest BCUT2D eigenvalue weighted by Crippen LogP contribution is -2.29. The number of phenols is 2. The molecule has 0 spiro atoms. The van der Waals surface area contributed by atoms with Gasteiger partial charge in [0, 0.05) is 13.1 Å². The highest BCUT2D eigenvalue weighted by molar-refractivity contribution is 5.97. The number of aromatic hydroxyl groups is 2. The van der Waals surface area contributed by atoms with Crippen LogP contribution in [0, 0.1) is 11.8 Å². The maximum atomic E-state index is 12.2. The molecule has 0 aliphatic carbocycles. The van der Waals surface area contributed by atoms with Gasteiger partial charge in [-0.05, 0) is 36.5 Å². The fourth-order valence-electron chi connectivity index (χ4n) is 2.38. The van der Waals surface area contributed by atoms with E-state index in [1.807, 2.05) is 0 Å². The van der Waals surface area contributed by atoms with Crippen LogP contribution in [-0.4, -0.2) is 34.1 Å². The van der Waals surface area contributed by atoms with Crippen LogP contribution in [0.3, 0.4) is 0 Å². The van der Waals surface area contributed by atoms with Crippen LogP contribution in [-0.2, 0) is 0 Å². The van der Waals surface area contributed by atoms with Gasteiger partial charge in [-0.1, -0.05) is 13.8 Å². The zero-order chi connectivity index (χ0) is 13.3. The molecule has 4 heteroatoms. The Labute approximate surface area is 107 Å². The molecule has 1 aromatic carbocycles. The van der Waals surface area contributed by atoms with Crippen LogP contribution in [0.25, 0.3) is 0 Å². The number of carbonyl (C=O) groups is 1. The lowest BCUT2D eigenvalue weighted by Gasteiger charge is -2.18. The summed E-state index contributed by atoms with van der Waals surface area (Å²) in [7, 11) is 0. The first kappa shape index (κ1) is 12.7. The second-order valence-corrected chi connectivity index (χ2v) is 5.25. The normalized spacial score (nSPS) is 19.5. The minimum Gasteiger partial charge on any atom is -0.508 e. The molecular weight excluding hydrogens is 230 g/mol. The second kappa shape index (κ2) is 4.88. The predicted molar refractivity (Wildman–Crippen MR) is 68.6 cm³/mol. The molecule has 2 rings (SSSR count). The Hall–Kier alpha value is -1.71. The third-order valence-electron chi connectivity index (χ3n) is 3.67. The van der Waals surface area contributed by atoms with E-state index in [9.17, 15) is 15.0 Å². The summed E-state index contributed by atoms with van der Waals surface area (Å²) in [5.74, 6) is 0.794. The highest BCUT2D eigenvalue weighted by Crippen LogP contribution is 2.28. The summed E-state index contributed by atoms with van der Waals surface area (Å²) in [6, 6.07) is 4.03. The van der Waals surface area contributed by atoms with E-state index in [1.165, 1.54) is 18.2 Å². The van der Waals surface area contributed by atoms with Gasteiger partial charge in [0.1, 0.15) is 11.5 Å². The number of likely N-dealkylation sites (tertiary alicyclic amines) is 1. The highest BCUT2D eigenvalue weighted by Gasteiger charge is 2.29. The van der Waals surface area contributed by atoms with E-state index in [2.05, 4.69) is 13.8 Å². The topological polar surface area (TPSA) is 60.8 Å². The van der Waals surface area contributed by atoms with Crippen molar-refractivity contribution in [2.24, 2.45) is 11.8 Å². The third kappa shape index (κ3) is 2.42. The van der Waals surface area contributed by atoms with E-state index in [0.717, 1.165) is 19.5 Å². The van der Waals surface area contributed by atoms with Crippen molar-refractivity contribution in [3.8, 4) is 11.5 Å². The van der Waals surface area contributed by atoms with Crippen LogP contribution in [0.2, 0.25) is 0 Å². The molecule has 0 bridgehead atoms. The molecular formula is C14H19NO3. The summed E-state index contributed by atoms with van der Waals surface area (Å²) in [6.07, 6.45) is 1.00. The van der Waals surface area contributed by atoms with Crippen molar-refractivity contribution in [2.45, 2.75) is 20.3 Å². The monoisotopic (exact) mass is 249 g/mol. The van der Waals surface area contributed by atoms with Gasteiger partial charge in [0.25, 0.3) is 5.91 Å². The van der Waals surface area contributed by atoms with E-state index in [4.69, 9.17) is 0 Å². The largest absolute Gasteiger partial charge is 0.508 e. The van der Waals surface area contributed by atoms with Gasteiger partial charge >= 0.3 is 0 Å². The summed E-state index contributed by atoms with van der Waals surface area (Å²) in [5, 5.41) is 19.1. The van der Waals surface area contributed by atoms with Crippen molar-refractivity contribution in [3.05, 3.63) is 23.8 Å². The van der Waals surface area contributed by atoms with Gasteiger partial charge in [-0.25, -0.2) is 0 Å². The average molecular weight is 249 g/mol. The first-order valence-electron chi connectivity index (χ1n) is 6.30. The molecule has 0 aromatic heterocycles. The van der Waals surface area contributed by atoms with Gasteiger partial charge in [-0.15, -0.1) is 0 Å². The lowest BCUT2D eigenvalue weighted by molar-refractivity contribution is 0.0780. The van der Waals surface area contributed by atoms with Crippen LogP contribution in [0.15, 0.2) is 18.2 Å². The minimum absolute atomic E-state index is 0.00393. The Bertz CT molecular complexity index is 456. The molecule has 1 aliphatic heterocycles. The average Bonchev–Trinajstić information content (AvgIpc) is 2.81. The summed E-state index contributed by atoms with van der Waals surface area (Å²) in [4.78, 5) is 14.0. The zero-order valence-corrected chi connectivity index (χ0v) is 10.8. The van der Waals surface area contributed by atoms with Crippen molar-refractivity contribution < 1.29 is 15.0 Å². The molecule has 1 atom stereocenters. The zero-order valence-electron chi connectivity index (χ0n) is 10.8. The van der Waals surface area contributed by atoms with Gasteiger partial charge in [-0.2, -0.15) is 0 Å². The molecule has 1 heterocycles. The Morgan fingerprint density at radius 3 is 2.72 bits per heavy atom. The summed E-state index contributed by atoms with van der Waals surface area (Å²) in [6.45, 7) is 5.76. The van der Waals surface area contributed by atoms with Crippen LogP contribution in [0.4, 0.5) is 0 Å². The number of phenolic OH excluding ortho intramolecular Hbond substituents is 2. The summed E-state index contributed by atoms with van der Waals surface area (Å²) in [5.41, 5.74) is 0.180. The molecule has 98 valence electrons. The minimum atomic E-state index is -0.202. The first-order valence-corrected chi connectivity index (χ1v) is 6.30. The number of carbonyl (C=O) groups excluding carboxylic acids is 1. The summed E-state index contributed by atoms with van der Waals surface area (Å²) >= 11 is 0. The molecule has 1 aromatic rings. The molecule has 4 nitrogen and oxygen atoms in total. The van der Waals surface area contributed by atoms with Gasteiger partial charge in [0.05, 0.1) is 5.56 Å². The van der Waals surface area contributed by atoms with E-state index >= 15 is 0 Å². The third-order valence-corrected chi connectivity index (χ3v) is 3.67. The van der Waals surface area contributed by atoms with Crippen molar-refractivity contribution in [3.63, 3.8) is 0 Å². The molecule has 0 radical (unpaired) electrons. The van der Waals surface area contributed by atoms with E-state index in [-0.39, 0.29) is 23.0 Å². The van der Waals surface area contributed by atoms with Crippen LogP contribution >= 0.6 is 0 Å². The fourth-order valence-corrected chi connectivity index (χ4v) is 2.38. The van der Waals surface area contributed by atoms with E-state index in [0.29, 0.717) is 11.8 Å². The molecule has 2 N–H and O–H groups in total. The highest BCUT2D eigenvalue weighted by atomic mass is 16.3. The standard InChI is InChI=1S/C14H19NO3/c1-9(2)10-5-6-15(8-10)14(18)12-7-11(16)3-4-13(12)17/h3-4,7,9-10,16-17H,5-6,8H2,1-2H3. The predicted octanol–water partition coefficient (Wildman–Crippen LogP) is 2.22. The molecule has 1 saturated heterocycles. The molecule has 0 saturated carbocycles. The van der Waals surface area contributed by atoms with E-state index in [1.54, 1.807) is 4.90 Å². The quantitative estimate of drug-likeness (QED) is 0.790. The van der Waals surface area contributed by atoms with Crippen molar-refractivity contribution in [1.29, 1.82) is 0 Å². The molecule has 1 unspecified atom stereocenters. The van der Waals surface area contributed by atoms with Crippen LogP contribution < -0.4 is 0 Å². The maximum Gasteiger partial charge on any atom is 0.257 e. The fraction of sp³-hybridized carbons (Fsp3) is 0.500. The number of benzene rings is 1. The number of amides is 1. The van der Waals surface area contributed by atoms with Crippen molar-refractivity contribution in [2.75, 3.05) is 13.1 Å². The smallest absolute Gasteiger partial charge is 0.257 e. The number of hydrogen-bond acceptors (Lipinski definition) is 3. The Balaban J connectivity index is 2.15. The van der Waals surface area contributed by atoms with E-state index < -0.39 is 0 Å². The van der Waals surface area contributed by atoms with Crippen molar-refractivity contribution >= 4 is 5.91 Å². The van der Waals surface area contributed by atoms with Crippen LogP contribution in [0.5, 0.6) is 11.5 Å². The van der Waals surface area contributed by atoms with Gasteiger partial charge in [0.15, 0.2) is 0 Å². The molecule has 1 amide bonds. The number of hydrogen-bond donors (Lipinski definition) is 2. The molecule has 1 aliphatic rings. The van der Waals surface area contributed by atoms with Gasteiger partial charge in [-0.3, -0.25) is 4.79 Å². The SMILES string of the molecule is CC(C)C1CCN(C(=O)c2cc(O)ccc2O)C1. The van der Waals surface area contributed by atoms with Gasteiger partial charge < -0.3 is 15.1 Å². The first-order chi connectivity index (χ1) is 8.49. The van der Waals surface area contributed by atoms with Gasteiger partial charge in [0.2, 0.25) is 0 Å². The van der Waals surface area contributed by atoms with Crippen LogP contribution in [0.1, 0.15) is 30.6 Å². The maximum absolute atomic E-state index is 12.2. The Morgan fingerprint density at radius 1 is 1.39 bits per heavy atom. The Kier molecular flexibility index (Phi) is 3.45. The number of rotatable bonds is 2. The molecule has 18 heavy (non-hydrogen) atoms. The molecule has 1 fully saturated rings. The second-order valence-electron chi connectivity index (χ2n) is 5.25.